The lowest BCUT2D eigenvalue weighted by Crippen LogP contribution is -2.20. The van der Waals surface area contributed by atoms with E-state index in [1.807, 2.05) is 24.3 Å². The van der Waals surface area contributed by atoms with E-state index in [1.54, 1.807) is 0 Å². The topological polar surface area (TPSA) is 88.8 Å². The molecule has 5 N–H and O–H groups in total. The van der Waals surface area contributed by atoms with Crippen LogP contribution in [0.3, 0.4) is 0 Å². The Morgan fingerprint density at radius 1 is 1.42 bits per heavy atom. The Kier molecular flexibility index (Phi) is 3.18. The lowest BCUT2D eigenvalue weighted by molar-refractivity contribution is 0.741. The number of rotatable bonds is 3. The van der Waals surface area contributed by atoms with Gasteiger partial charge in [-0.2, -0.15) is 0 Å². The summed E-state index contributed by atoms with van der Waals surface area (Å²) in [5.74, 6) is 10.1. The summed E-state index contributed by atoms with van der Waals surface area (Å²) in [6, 6.07) is 7.48. The number of hydrogen-bond acceptors (Lipinski definition) is 4. The summed E-state index contributed by atoms with van der Waals surface area (Å²) in [5.41, 5.74) is 4.32. The highest BCUT2D eigenvalue weighted by atomic mass is 15.3. The fourth-order valence-corrected chi connectivity index (χ4v) is 0.913. The smallest absolute Gasteiger partial charge is 0.0877 e. The molecule has 5 heteroatoms. The maximum atomic E-state index is 5.16. The minimum Gasteiger partial charge on any atom is -0.305 e. The summed E-state index contributed by atoms with van der Waals surface area (Å²) in [6.07, 6.45) is 0. The van der Waals surface area contributed by atoms with Crippen molar-refractivity contribution in [1.82, 2.24) is 5.43 Å². The van der Waals surface area contributed by atoms with Crippen LogP contribution < -0.4 is 17.1 Å². The largest absolute Gasteiger partial charge is 0.305 e. The van der Waals surface area contributed by atoms with E-state index in [2.05, 4.69) is 15.8 Å². The number of nitrogens with one attached hydrogen (secondary N) is 1. The van der Waals surface area contributed by atoms with Crippen LogP contribution in [0.1, 0.15) is 5.56 Å². The molecule has 0 spiro atoms. The second-order valence-electron chi connectivity index (χ2n) is 2.27. The number of hydrogen-bond donors (Lipinski definition) is 3. The molecule has 1 aromatic carbocycles. The van der Waals surface area contributed by atoms with E-state index in [4.69, 9.17) is 11.7 Å². The van der Waals surface area contributed by atoms with Gasteiger partial charge in [0.05, 0.1) is 5.69 Å². The molecule has 1 rings (SSSR count). The van der Waals surface area contributed by atoms with Gasteiger partial charge in [-0.15, -0.1) is 5.11 Å². The minimum atomic E-state index is 0.605. The lowest BCUT2D eigenvalue weighted by Gasteiger charge is -1.99. The van der Waals surface area contributed by atoms with Gasteiger partial charge in [0.2, 0.25) is 0 Å². The molecule has 0 saturated carbocycles. The summed E-state index contributed by atoms with van der Waals surface area (Å²) >= 11 is 0. The van der Waals surface area contributed by atoms with Crippen molar-refractivity contribution in [3.63, 3.8) is 0 Å². The van der Waals surface area contributed by atoms with Crippen LogP contribution in [0.25, 0.3) is 0 Å². The SMILES string of the molecule is NN=Nc1cccc(CNN)c1. The molecular formula is C7H11N5. The molecule has 0 fully saturated rings. The first-order chi connectivity index (χ1) is 5.86. The van der Waals surface area contributed by atoms with Gasteiger partial charge in [0.15, 0.2) is 0 Å². The Balaban J connectivity index is 2.80. The van der Waals surface area contributed by atoms with E-state index in [1.165, 1.54) is 0 Å². The molecule has 0 aliphatic heterocycles. The first-order valence-corrected chi connectivity index (χ1v) is 3.50. The molecule has 5 nitrogen and oxygen atoms in total. The number of benzene rings is 1. The van der Waals surface area contributed by atoms with E-state index < -0.39 is 0 Å². The maximum absolute atomic E-state index is 5.16. The average Bonchev–Trinajstić information content (AvgIpc) is 2.06. The highest BCUT2D eigenvalue weighted by Crippen LogP contribution is 2.13. The van der Waals surface area contributed by atoms with Gasteiger partial charge in [0.25, 0.3) is 0 Å². The van der Waals surface area contributed by atoms with Crippen molar-refractivity contribution in [2.75, 3.05) is 0 Å². The normalized spacial score (nSPS) is 10.8. The van der Waals surface area contributed by atoms with Gasteiger partial charge in [-0.25, -0.2) is 0 Å². The predicted molar refractivity (Wildman–Crippen MR) is 46.2 cm³/mol. The fourth-order valence-electron chi connectivity index (χ4n) is 0.913. The van der Waals surface area contributed by atoms with Crippen LogP contribution in [0.4, 0.5) is 5.69 Å². The van der Waals surface area contributed by atoms with Gasteiger partial charge in [-0.1, -0.05) is 17.4 Å². The minimum absolute atomic E-state index is 0.605. The van der Waals surface area contributed by atoms with E-state index in [0.717, 1.165) is 11.3 Å². The average molecular weight is 165 g/mol. The molecule has 0 bridgehead atoms. The Bertz CT molecular complexity index is 270. The zero-order valence-electron chi connectivity index (χ0n) is 6.57. The molecule has 0 aliphatic rings. The Labute approximate surface area is 70.4 Å². The lowest BCUT2D eigenvalue weighted by atomic mass is 10.2. The Morgan fingerprint density at radius 2 is 2.25 bits per heavy atom. The zero-order valence-corrected chi connectivity index (χ0v) is 6.57. The molecule has 0 saturated heterocycles. The third-order valence-corrected chi connectivity index (χ3v) is 1.39. The first kappa shape index (κ1) is 8.63. The Hall–Kier alpha value is -1.46. The van der Waals surface area contributed by atoms with E-state index in [0.29, 0.717) is 6.54 Å². The van der Waals surface area contributed by atoms with E-state index in [9.17, 15) is 0 Å². The fraction of sp³-hybridized carbons (Fsp3) is 0.143. The van der Waals surface area contributed by atoms with Crippen molar-refractivity contribution < 1.29 is 0 Å². The number of nitrogens with two attached hydrogens (primary N) is 2. The zero-order chi connectivity index (χ0) is 8.81. The summed E-state index contributed by atoms with van der Waals surface area (Å²) in [6.45, 7) is 0.605. The van der Waals surface area contributed by atoms with Gasteiger partial charge in [0, 0.05) is 6.54 Å². The predicted octanol–water partition coefficient (Wildman–Crippen LogP) is 0.607. The van der Waals surface area contributed by atoms with Crippen molar-refractivity contribution in [2.45, 2.75) is 6.54 Å². The standard InChI is InChI=1S/C7H11N5/c8-10-5-6-2-1-3-7(4-6)11-12-9/h1-4,10H,5,8H2,(H2,9,11). The van der Waals surface area contributed by atoms with Crippen molar-refractivity contribution in [3.05, 3.63) is 29.8 Å². The van der Waals surface area contributed by atoms with Crippen molar-refractivity contribution in [2.24, 2.45) is 22.0 Å². The number of nitrogens with zero attached hydrogens (tertiary/aromatic N) is 2. The number of hydrazine groups is 1. The van der Waals surface area contributed by atoms with Crippen molar-refractivity contribution in [3.8, 4) is 0 Å². The van der Waals surface area contributed by atoms with Crippen LogP contribution in [0.2, 0.25) is 0 Å². The van der Waals surface area contributed by atoms with Crippen LogP contribution in [0.5, 0.6) is 0 Å². The molecule has 64 valence electrons. The quantitative estimate of drug-likeness (QED) is 0.348. The second-order valence-corrected chi connectivity index (χ2v) is 2.27. The summed E-state index contributed by atoms with van der Waals surface area (Å²) < 4.78 is 0. The first-order valence-electron chi connectivity index (χ1n) is 3.50. The highest BCUT2D eigenvalue weighted by Gasteiger charge is 1.92. The summed E-state index contributed by atoms with van der Waals surface area (Å²) in [4.78, 5) is 0. The Morgan fingerprint density at radius 3 is 2.92 bits per heavy atom. The second kappa shape index (κ2) is 4.42. The molecular weight excluding hydrogens is 154 g/mol. The van der Waals surface area contributed by atoms with E-state index >= 15 is 0 Å². The van der Waals surface area contributed by atoms with Crippen LogP contribution in [-0.2, 0) is 6.54 Å². The molecule has 0 atom stereocenters. The molecule has 0 radical (unpaired) electrons. The molecule has 1 aromatic rings. The monoisotopic (exact) mass is 165 g/mol. The highest BCUT2D eigenvalue weighted by molar-refractivity contribution is 5.39. The molecule has 0 unspecified atom stereocenters. The van der Waals surface area contributed by atoms with Gasteiger partial charge >= 0.3 is 0 Å². The molecule has 12 heavy (non-hydrogen) atoms. The van der Waals surface area contributed by atoms with Crippen LogP contribution >= 0.6 is 0 Å². The summed E-state index contributed by atoms with van der Waals surface area (Å²) in [7, 11) is 0. The van der Waals surface area contributed by atoms with Gasteiger partial charge in [0.1, 0.15) is 0 Å². The maximum Gasteiger partial charge on any atom is 0.0877 e. The van der Waals surface area contributed by atoms with E-state index in [-0.39, 0.29) is 0 Å². The molecule has 0 aromatic heterocycles. The summed E-state index contributed by atoms with van der Waals surface area (Å²) in [5, 5.41) is 6.86. The van der Waals surface area contributed by atoms with Crippen LogP contribution in [-0.4, -0.2) is 0 Å². The molecule has 0 heterocycles. The van der Waals surface area contributed by atoms with Crippen LogP contribution in [0, 0.1) is 0 Å². The van der Waals surface area contributed by atoms with Gasteiger partial charge < -0.3 is 5.84 Å². The third kappa shape index (κ3) is 2.30. The van der Waals surface area contributed by atoms with Crippen molar-refractivity contribution in [1.29, 1.82) is 0 Å². The molecule has 0 amide bonds. The van der Waals surface area contributed by atoms with Gasteiger partial charge in [-0.05, 0) is 17.7 Å². The third-order valence-electron chi connectivity index (χ3n) is 1.39. The van der Waals surface area contributed by atoms with Gasteiger partial charge in [-0.3, -0.25) is 11.3 Å². The van der Waals surface area contributed by atoms with Crippen molar-refractivity contribution >= 4 is 5.69 Å². The van der Waals surface area contributed by atoms with Crippen LogP contribution in [0.15, 0.2) is 34.6 Å². The molecule has 0 aliphatic carbocycles.